The van der Waals surface area contributed by atoms with Crippen LogP contribution in [-0.2, 0) is 10.0 Å². The number of benzene rings is 2. The van der Waals surface area contributed by atoms with E-state index in [4.69, 9.17) is 0 Å². The standard InChI is InChI=1S/C24H30N2O3S/c1-18-9-12-22(13-10-18)30(28,29)26(3)23-14-11-21(17-19(23)2)24(27)25-16-15-20-7-5-4-6-8-20/h7,9-14,17H,4-6,8,15-16H2,1-3H3,(H,25,27). The molecule has 2 aromatic rings. The Hall–Kier alpha value is -2.60. The molecule has 1 aliphatic rings. The van der Waals surface area contributed by atoms with Crippen LogP contribution < -0.4 is 9.62 Å². The van der Waals surface area contributed by atoms with Gasteiger partial charge in [0.2, 0.25) is 0 Å². The van der Waals surface area contributed by atoms with E-state index in [0.717, 1.165) is 30.4 Å². The van der Waals surface area contributed by atoms with Gasteiger partial charge in [0.15, 0.2) is 0 Å². The number of anilines is 1. The normalized spacial score (nSPS) is 14.2. The lowest BCUT2D eigenvalue weighted by molar-refractivity contribution is 0.0954. The van der Waals surface area contributed by atoms with Gasteiger partial charge in [0.05, 0.1) is 10.6 Å². The molecule has 0 saturated carbocycles. The highest BCUT2D eigenvalue weighted by Gasteiger charge is 2.23. The van der Waals surface area contributed by atoms with Crippen molar-refractivity contribution in [3.63, 3.8) is 0 Å². The molecule has 0 heterocycles. The van der Waals surface area contributed by atoms with Crippen molar-refractivity contribution >= 4 is 21.6 Å². The Bertz CT molecular complexity index is 1040. The molecule has 0 radical (unpaired) electrons. The van der Waals surface area contributed by atoms with E-state index in [2.05, 4.69) is 11.4 Å². The van der Waals surface area contributed by atoms with Crippen LogP contribution >= 0.6 is 0 Å². The average molecular weight is 427 g/mol. The van der Waals surface area contributed by atoms with Gasteiger partial charge in [-0.3, -0.25) is 9.10 Å². The molecule has 3 rings (SSSR count). The summed E-state index contributed by atoms with van der Waals surface area (Å²) >= 11 is 0. The van der Waals surface area contributed by atoms with E-state index in [1.807, 2.05) is 13.8 Å². The average Bonchev–Trinajstić information content (AvgIpc) is 2.74. The Balaban J connectivity index is 1.68. The number of nitrogens with zero attached hydrogens (tertiary/aromatic N) is 1. The van der Waals surface area contributed by atoms with Gasteiger partial charge >= 0.3 is 0 Å². The van der Waals surface area contributed by atoms with Crippen LogP contribution in [0.1, 0.15) is 53.6 Å². The zero-order valence-electron chi connectivity index (χ0n) is 17.9. The molecule has 0 spiro atoms. The van der Waals surface area contributed by atoms with Gasteiger partial charge in [-0.1, -0.05) is 29.3 Å². The number of hydrogen-bond donors (Lipinski definition) is 1. The smallest absolute Gasteiger partial charge is 0.264 e. The van der Waals surface area contributed by atoms with E-state index in [1.165, 1.54) is 29.8 Å². The first-order chi connectivity index (χ1) is 14.3. The summed E-state index contributed by atoms with van der Waals surface area (Å²) in [5, 5.41) is 2.97. The number of nitrogens with one attached hydrogen (secondary N) is 1. The maximum Gasteiger partial charge on any atom is 0.264 e. The molecule has 0 unspecified atom stereocenters. The molecule has 30 heavy (non-hydrogen) atoms. The molecule has 6 heteroatoms. The highest BCUT2D eigenvalue weighted by Crippen LogP contribution is 2.26. The number of carbonyl (C=O) groups is 1. The Labute approximate surface area is 179 Å². The van der Waals surface area contributed by atoms with Gasteiger partial charge in [-0.2, -0.15) is 0 Å². The summed E-state index contributed by atoms with van der Waals surface area (Å²) in [5.74, 6) is -0.134. The number of carbonyl (C=O) groups excluding carboxylic acids is 1. The first-order valence-corrected chi connectivity index (χ1v) is 11.9. The lowest BCUT2D eigenvalue weighted by Crippen LogP contribution is -2.28. The van der Waals surface area contributed by atoms with Crippen molar-refractivity contribution in [1.82, 2.24) is 5.32 Å². The van der Waals surface area contributed by atoms with Crippen molar-refractivity contribution in [3.05, 3.63) is 70.8 Å². The van der Waals surface area contributed by atoms with Crippen LogP contribution in [0.25, 0.3) is 0 Å². The number of hydrogen-bond acceptors (Lipinski definition) is 3. The second-order valence-corrected chi connectivity index (χ2v) is 9.87. The third kappa shape index (κ3) is 5.11. The molecule has 0 aromatic heterocycles. The highest BCUT2D eigenvalue weighted by atomic mass is 32.2. The Kier molecular flexibility index (Phi) is 6.98. The van der Waals surface area contributed by atoms with Crippen LogP contribution in [0.4, 0.5) is 5.69 Å². The van der Waals surface area contributed by atoms with Crippen LogP contribution in [0.3, 0.4) is 0 Å². The minimum absolute atomic E-state index is 0.134. The maximum atomic E-state index is 12.9. The molecule has 0 aliphatic heterocycles. The zero-order valence-corrected chi connectivity index (χ0v) is 18.8. The van der Waals surface area contributed by atoms with Crippen molar-refractivity contribution in [2.75, 3.05) is 17.9 Å². The molecule has 1 amide bonds. The van der Waals surface area contributed by atoms with E-state index in [1.54, 1.807) is 42.5 Å². The molecule has 1 aliphatic carbocycles. The summed E-state index contributed by atoms with van der Waals surface area (Å²) in [5.41, 5.74) is 4.25. The Morgan fingerprint density at radius 2 is 1.80 bits per heavy atom. The van der Waals surface area contributed by atoms with Gasteiger partial charge < -0.3 is 5.32 Å². The van der Waals surface area contributed by atoms with E-state index in [-0.39, 0.29) is 10.8 Å². The summed E-state index contributed by atoms with van der Waals surface area (Å²) in [4.78, 5) is 12.8. The maximum absolute atomic E-state index is 12.9. The fraction of sp³-hybridized carbons (Fsp3) is 0.375. The van der Waals surface area contributed by atoms with Gasteiger partial charge in [-0.05, 0) is 81.8 Å². The quantitative estimate of drug-likeness (QED) is 0.650. The molecule has 5 nitrogen and oxygen atoms in total. The number of sulfonamides is 1. The molecule has 0 bridgehead atoms. The van der Waals surface area contributed by atoms with E-state index >= 15 is 0 Å². The van der Waals surface area contributed by atoms with Gasteiger partial charge in [0.1, 0.15) is 0 Å². The second-order valence-electron chi connectivity index (χ2n) is 7.90. The van der Waals surface area contributed by atoms with Crippen LogP contribution in [0.5, 0.6) is 0 Å². The third-order valence-electron chi connectivity index (χ3n) is 5.59. The SMILES string of the molecule is Cc1ccc(S(=O)(=O)N(C)c2ccc(C(=O)NCCC3=CCCCC3)cc2C)cc1. The number of rotatable bonds is 7. The van der Waals surface area contributed by atoms with Crippen molar-refractivity contribution < 1.29 is 13.2 Å². The molecule has 160 valence electrons. The molecule has 1 N–H and O–H groups in total. The topological polar surface area (TPSA) is 66.5 Å². The summed E-state index contributed by atoms with van der Waals surface area (Å²) in [6.07, 6.45) is 7.95. The van der Waals surface area contributed by atoms with Crippen molar-refractivity contribution in [2.45, 2.75) is 50.8 Å². The van der Waals surface area contributed by atoms with Gasteiger partial charge in [0.25, 0.3) is 15.9 Å². The van der Waals surface area contributed by atoms with Crippen molar-refractivity contribution in [1.29, 1.82) is 0 Å². The van der Waals surface area contributed by atoms with Crippen molar-refractivity contribution in [3.8, 4) is 0 Å². The fourth-order valence-corrected chi connectivity index (χ4v) is 4.98. The van der Waals surface area contributed by atoms with E-state index < -0.39 is 10.0 Å². The minimum atomic E-state index is -3.66. The Morgan fingerprint density at radius 3 is 2.43 bits per heavy atom. The summed E-state index contributed by atoms with van der Waals surface area (Å²) < 4.78 is 27.2. The number of aryl methyl sites for hydroxylation is 2. The van der Waals surface area contributed by atoms with E-state index in [0.29, 0.717) is 17.8 Å². The number of allylic oxidation sites excluding steroid dienone is 1. The van der Waals surface area contributed by atoms with Crippen LogP contribution in [0.15, 0.2) is 59.0 Å². The summed E-state index contributed by atoms with van der Waals surface area (Å²) in [6, 6.07) is 11.9. The zero-order chi connectivity index (χ0) is 21.7. The molecule has 2 aromatic carbocycles. The minimum Gasteiger partial charge on any atom is -0.352 e. The van der Waals surface area contributed by atoms with Crippen LogP contribution in [0.2, 0.25) is 0 Å². The molecule has 0 atom stereocenters. The molecular weight excluding hydrogens is 396 g/mol. The highest BCUT2D eigenvalue weighted by molar-refractivity contribution is 7.92. The lowest BCUT2D eigenvalue weighted by Gasteiger charge is -2.22. The fourth-order valence-electron chi connectivity index (χ4n) is 3.72. The first-order valence-electron chi connectivity index (χ1n) is 10.4. The van der Waals surface area contributed by atoms with Gasteiger partial charge in [0, 0.05) is 19.2 Å². The Morgan fingerprint density at radius 1 is 1.07 bits per heavy atom. The number of amides is 1. The first kappa shape index (κ1) is 22.1. The third-order valence-corrected chi connectivity index (χ3v) is 7.38. The molecule has 0 fully saturated rings. The summed E-state index contributed by atoms with van der Waals surface area (Å²) in [6.45, 7) is 4.35. The van der Waals surface area contributed by atoms with Crippen LogP contribution in [-0.4, -0.2) is 27.9 Å². The summed E-state index contributed by atoms with van der Waals surface area (Å²) in [7, 11) is -2.13. The molecular formula is C24H30N2O3S. The second kappa shape index (κ2) is 9.47. The van der Waals surface area contributed by atoms with Gasteiger partial charge in [-0.25, -0.2) is 8.42 Å². The predicted octanol–water partition coefficient (Wildman–Crippen LogP) is 4.75. The lowest BCUT2D eigenvalue weighted by atomic mass is 9.97. The molecule has 0 saturated heterocycles. The van der Waals surface area contributed by atoms with E-state index in [9.17, 15) is 13.2 Å². The predicted molar refractivity (Wildman–Crippen MR) is 121 cm³/mol. The van der Waals surface area contributed by atoms with Gasteiger partial charge in [-0.15, -0.1) is 0 Å². The van der Waals surface area contributed by atoms with Crippen molar-refractivity contribution in [2.24, 2.45) is 0 Å². The monoisotopic (exact) mass is 426 g/mol. The largest absolute Gasteiger partial charge is 0.352 e. The van der Waals surface area contributed by atoms with Crippen LogP contribution in [0, 0.1) is 13.8 Å².